The average molecular weight is 332 g/mol. The van der Waals surface area contributed by atoms with Crippen LogP contribution in [-0.2, 0) is 0 Å². The zero-order valence-electron chi connectivity index (χ0n) is 14.5. The van der Waals surface area contributed by atoms with Crippen molar-refractivity contribution in [2.45, 2.75) is 20.8 Å². The van der Waals surface area contributed by atoms with Gasteiger partial charge in [-0.2, -0.15) is 0 Å². The fourth-order valence-corrected chi connectivity index (χ4v) is 2.58. The van der Waals surface area contributed by atoms with Crippen LogP contribution in [0.2, 0.25) is 0 Å². The predicted octanol–water partition coefficient (Wildman–Crippen LogP) is 4.40. The summed E-state index contributed by atoms with van der Waals surface area (Å²) in [6.45, 7) is 6.03. The third kappa shape index (κ3) is 4.41. The third-order valence-corrected chi connectivity index (χ3v) is 3.70. The number of carbonyl (C=O) groups is 1. The molecule has 5 nitrogen and oxygen atoms in total. The summed E-state index contributed by atoms with van der Waals surface area (Å²) in [5.74, 6) is 0.309. The molecule has 1 amide bonds. The van der Waals surface area contributed by atoms with Gasteiger partial charge in [0.25, 0.3) is 5.91 Å². The molecule has 0 aliphatic rings. The Morgan fingerprint density at radius 2 is 1.48 bits per heavy atom. The Morgan fingerprint density at radius 3 is 2.16 bits per heavy atom. The molecule has 0 atom stereocenters. The monoisotopic (exact) mass is 332 g/mol. The summed E-state index contributed by atoms with van der Waals surface area (Å²) in [5, 5.41) is 6.06. The van der Waals surface area contributed by atoms with Crippen LogP contribution in [0.15, 0.2) is 54.9 Å². The summed E-state index contributed by atoms with van der Waals surface area (Å²) in [6, 6.07) is 15.5. The smallest absolute Gasteiger partial charge is 0.274 e. The van der Waals surface area contributed by atoms with E-state index in [0.29, 0.717) is 11.5 Å². The molecule has 0 saturated heterocycles. The van der Waals surface area contributed by atoms with Gasteiger partial charge in [0, 0.05) is 17.4 Å². The molecule has 0 bridgehead atoms. The Morgan fingerprint density at radius 1 is 0.800 bits per heavy atom. The van der Waals surface area contributed by atoms with Gasteiger partial charge in [0.2, 0.25) is 0 Å². The van der Waals surface area contributed by atoms with E-state index >= 15 is 0 Å². The van der Waals surface area contributed by atoms with Crippen LogP contribution in [0, 0.1) is 20.8 Å². The van der Waals surface area contributed by atoms with Crippen molar-refractivity contribution in [3.8, 4) is 0 Å². The second kappa shape index (κ2) is 7.13. The minimum absolute atomic E-state index is 0.264. The molecule has 0 saturated carbocycles. The Kier molecular flexibility index (Phi) is 4.75. The third-order valence-electron chi connectivity index (χ3n) is 3.70. The van der Waals surface area contributed by atoms with Crippen LogP contribution in [0.1, 0.15) is 27.2 Å². The van der Waals surface area contributed by atoms with Gasteiger partial charge in [-0.15, -0.1) is 0 Å². The molecule has 25 heavy (non-hydrogen) atoms. The Balaban J connectivity index is 1.76. The van der Waals surface area contributed by atoms with Crippen LogP contribution < -0.4 is 10.6 Å². The van der Waals surface area contributed by atoms with E-state index < -0.39 is 0 Å². The molecule has 5 heteroatoms. The number of aromatic nitrogens is 2. The lowest BCUT2D eigenvalue weighted by atomic mass is 10.1. The van der Waals surface area contributed by atoms with Crippen molar-refractivity contribution in [3.05, 3.63) is 77.2 Å². The number of amides is 1. The molecule has 0 fully saturated rings. The lowest BCUT2D eigenvalue weighted by molar-refractivity contribution is 0.102. The minimum Gasteiger partial charge on any atom is -0.340 e. The average Bonchev–Trinajstić information content (AvgIpc) is 2.56. The van der Waals surface area contributed by atoms with Gasteiger partial charge >= 0.3 is 0 Å². The molecule has 0 aliphatic carbocycles. The van der Waals surface area contributed by atoms with E-state index in [2.05, 4.69) is 26.7 Å². The molecule has 1 aromatic heterocycles. The zero-order chi connectivity index (χ0) is 17.8. The fourth-order valence-electron chi connectivity index (χ4n) is 2.58. The molecule has 3 aromatic rings. The number of aryl methyl sites for hydroxylation is 3. The molecule has 2 N–H and O–H groups in total. The molecule has 2 aromatic carbocycles. The lowest BCUT2D eigenvalue weighted by Crippen LogP contribution is -2.14. The summed E-state index contributed by atoms with van der Waals surface area (Å²) in [6.07, 6.45) is 1.38. The maximum atomic E-state index is 12.5. The maximum Gasteiger partial charge on any atom is 0.274 e. The van der Waals surface area contributed by atoms with Crippen molar-refractivity contribution >= 4 is 23.1 Å². The highest BCUT2D eigenvalue weighted by atomic mass is 16.1. The number of hydrogen-bond acceptors (Lipinski definition) is 4. The largest absolute Gasteiger partial charge is 0.340 e. The first kappa shape index (κ1) is 16.6. The van der Waals surface area contributed by atoms with Crippen LogP contribution >= 0.6 is 0 Å². The molecular formula is C20H20N4O. The zero-order valence-corrected chi connectivity index (χ0v) is 14.5. The van der Waals surface area contributed by atoms with E-state index in [1.54, 1.807) is 6.07 Å². The minimum atomic E-state index is -0.264. The molecule has 0 aliphatic heterocycles. The summed E-state index contributed by atoms with van der Waals surface area (Å²) in [7, 11) is 0. The van der Waals surface area contributed by atoms with Crippen LogP contribution in [0.3, 0.4) is 0 Å². The number of carbonyl (C=O) groups excluding carboxylic acids is 1. The molecule has 1 heterocycles. The van der Waals surface area contributed by atoms with Gasteiger partial charge in [-0.1, -0.05) is 23.8 Å². The quantitative estimate of drug-likeness (QED) is 0.743. The van der Waals surface area contributed by atoms with Crippen molar-refractivity contribution < 1.29 is 4.79 Å². The number of nitrogens with zero attached hydrogens (tertiary/aromatic N) is 2. The van der Waals surface area contributed by atoms with Crippen molar-refractivity contribution in [1.29, 1.82) is 0 Å². The summed E-state index contributed by atoms with van der Waals surface area (Å²) < 4.78 is 0. The summed E-state index contributed by atoms with van der Waals surface area (Å²) in [5.41, 5.74) is 5.35. The van der Waals surface area contributed by atoms with Crippen LogP contribution in [0.4, 0.5) is 17.2 Å². The molecular weight excluding hydrogens is 312 g/mol. The molecule has 0 unspecified atom stereocenters. The van der Waals surface area contributed by atoms with E-state index in [1.165, 1.54) is 11.9 Å². The molecule has 126 valence electrons. The van der Waals surface area contributed by atoms with Crippen molar-refractivity contribution in [2.75, 3.05) is 10.6 Å². The highest BCUT2D eigenvalue weighted by molar-refractivity contribution is 6.03. The standard InChI is InChI=1S/C20H20N4O/c1-13-4-6-16(7-5-13)23-19-11-18(21-12-22-19)20(25)24-17-9-14(2)8-15(3)10-17/h4-12H,1-3H3,(H,24,25)(H,21,22,23). The van der Waals surface area contributed by atoms with Crippen LogP contribution in [0.25, 0.3) is 0 Å². The Bertz CT molecular complexity index is 884. The van der Waals surface area contributed by atoms with Crippen molar-refractivity contribution in [3.63, 3.8) is 0 Å². The molecule has 0 radical (unpaired) electrons. The number of anilines is 3. The van der Waals surface area contributed by atoms with Crippen LogP contribution in [-0.4, -0.2) is 15.9 Å². The van der Waals surface area contributed by atoms with E-state index in [4.69, 9.17) is 0 Å². The molecule has 3 rings (SSSR count). The van der Waals surface area contributed by atoms with Crippen LogP contribution in [0.5, 0.6) is 0 Å². The van der Waals surface area contributed by atoms with Gasteiger partial charge in [0.1, 0.15) is 17.8 Å². The second-order valence-electron chi connectivity index (χ2n) is 6.11. The second-order valence-corrected chi connectivity index (χ2v) is 6.11. The first-order chi connectivity index (χ1) is 12.0. The van der Waals surface area contributed by atoms with Gasteiger partial charge < -0.3 is 10.6 Å². The first-order valence-electron chi connectivity index (χ1n) is 8.05. The normalized spacial score (nSPS) is 10.4. The van der Waals surface area contributed by atoms with E-state index in [-0.39, 0.29) is 5.91 Å². The first-order valence-corrected chi connectivity index (χ1v) is 8.05. The fraction of sp³-hybridized carbons (Fsp3) is 0.150. The van der Waals surface area contributed by atoms with Gasteiger partial charge in [-0.3, -0.25) is 4.79 Å². The van der Waals surface area contributed by atoms with E-state index in [1.807, 2.05) is 57.2 Å². The SMILES string of the molecule is Cc1ccc(Nc2cc(C(=O)Nc3cc(C)cc(C)c3)ncn2)cc1. The number of benzene rings is 2. The topological polar surface area (TPSA) is 66.9 Å². The number of nitrogens with one attached hydrogen (secondary N) is 2. The highest BCUT2D eigenvalue weighted by Crippen LogP contribution is 2.17. The van der Waals surface area contributed by atoms with E-state index in [0.717, 1.165) is 22.5 Å². The van der Waals surface area contributed by atoms with Gasteiger partial charge in [-0.25, -0.2) is 9.97 Å². The van der Waals surface area contributed by atoms with Crippen molar-refractivity contribution in [1.82, 2.24) is 9.97 Å². The van der Waals surface area contributed by atoms with Gasteiger partial charge in [0.05, 0.1) is 0 Å². The number of rotatable bonds is 4. The van der Waals surface area contributed by atoms with E-state index in [9.17, 15) is 4.79 Å². The number of hydrogen-bond donors (Lipinski definition) is 2. The summed E-state index contributed by atoms with van der Waals surface area (Å²) in [4.78, 5) is 20.7. The predicted molar refractivity (Wildman–Crippen MR) is 100 cm³/mol. The lowest BCUT2D eigenvalue weighted by Gasteiger charge is -2.09. The highest BCUT2D eigenvalue weighted by Gasteiger charge is 2.10. The molecule has 0 spiro atoms. The maximum absolute atomic E-state index is 12.5. The Labute approximate surface area is 147 Å². The van der Waals surface area contributed by atoms with Gasteiger partial charge in [-0.05, 0) is 56.2 Å². The summed E-state index contributed by atoms with van der Waals surface area (Å²) >= 11 is 0. The van der Waals surface area contributed by atoms with Gasteiger partial charge in [0.15, 0.2) is 0 Å². The Hall–Kier alpha value is -3.21. The van der Waals surface area contributed by atoms with Crippen molar-refractivity contribution in [2.24, 2.45) is 0 Å².